The molecular formula is C25H31FN4O2. The van der Waals surface area contributed by atoms with Crippen LogP contribution in [0.25, 0.3) is 0 Å². The van der Waals surface area contributed by atoms with E-state index in [4.69, 9.17) is 0 Å². The molecule has 2 aliphatic heterocycles. The normalized spacial score (nSPS) is 19.3. The summed E-state index contributed by atoms with van der Waals surface area (Å²) < 4.78 is 13.1. The molecule has 1 aromatic heterocycles. The van der Waals surface area contributed by atoms with Crippen LogP contribution in [0.2, 0.25) is 0 Å². The van der Waals surface area contributed by atoms with Gasteiger partial charge in [0.15, 0.2) is 0 Å². The summed E-state index contributed by atoms with van der Waals surface area (Å²) >= 11 is 0. The van der Waals surface area contributed by atoms with Gasteiger partial charge in [-0.1, -0.05) is 18.9 Å². The fourth-order valence-electron chi connectivity index (χ4n) is 4.49. The molecule has 0 bridgehead atoms. The van der Waals surface area contributed by atoms with Gasteiger partial charge in [-0.2, -0.15) is 0 Å². The summed E-state index contributed by atoms with van der Waals surface area (Å²) in [7, 11) is 0. The van der Waals surface area contributed by atoms with Gasteiger partial charge in [-0.15, -0.1) is 0 Å². The summed E-state index contributed by atoms with van der Waals surface area (Å²) in [6.07, 6.45) is 8.36. The highest BCUT2D eigenvalue weighted by molar-refractivity contribution is 5.94. The Kier molecular flexibility index (Phi) is 7.35. The first-order valence-electron chi connectivity index (χ1n) is 11.6. The first kappa shape index (κ1) is 22.2. The summed E-state index contributed by atoms with van der Waals surface area (Å²) in [4.78, 5) is 34.1. The third-order valence-corrected chi connectivity index (χ3v) is 6.38. The van der Waals surface area contributed by atoms with E-state index in [1.165, 1.54) is 49.9 Å². The molecule has 2 amide bonds. The number of amides is 2. The molecule has 1 N–H and O–H groups in total. The molecule has 1 atom stereocenters. The second kappa shape index (κ2) is 10.6. The van der Waals surface area contributed by atoms with Crippen LogP contribution in [0.4, 0.5) is 10.2 Å². The van der Waals surface area contributed by atoms with Crippen molar-refractivity contribution in [3.8, 4) is 0 Å². The number of halogens is 1. The Bertz CT molecular complexity index is 909. The first-order chi connectivity index (χ1) is 15.6. The van der Waals surface area contributed by atoms with Gasteiger partial charge in [0.1, 0.15) is 11.6 Å². The monoisotopic (exact) mass is 438 g/mol. The van der Waals surface area contributed by atoms with Gasteiger partial charge < -0.3 is 15.1 Å². The van der Waals surface area contributed by atoms with E-state index in [9.17, 15) is 14.0 Å². The van der Waals surface area contributed by atoms with Crippen molar-refractivity contribution < 1.29 is 14.0 Å². The lowest BCUT2D eigenvalue weighted by atomic mass is 9.96. The van der Waals surface area contributed by atoms with Crippen molar-refractivity contribution in [2.75, 3.05) is 31.1 Å². The number of benzene rings is 1. The van der Waals surface area contributed by atoms with Crippen LogP contribution in [0, 0.1) is 11.7 Å². The van der Waals surface area contributed by atoms with Crippen LogP contribution in [-0.2, 0) is 11.3 Å². The molecule has 6 nitrogen and oxygen atoms in total. The maximum absolute atomic E-state index is 13.1. The highest BCUT2D eigenvalue weighted by Crippen LogP contribution is 2.20. The number of likely N-dealkylation sites (tertiary alicyclic amines) is 1. The number of hydrogen-bond donors (Lipinski definition) is 1. The zero-order valence-electron chi connectivity index (χ0n) is 18.4. The van der Waals surface area contributed by atoms with E-state index in [1.807, 2.05) is 18.3 Å². The van der Waals surface area contributed by atoms with Crippen molar-refractivity contribution in [1.82, 2.24) is 15.2 Å². The topological polar surface area (TPSA) is 65.5 Å². The number of aromatic nitrogens is 1. The predicted molar refractivity (Wildman–Crippen MR) is 122 cm³/mol. The average molecular weight is 439 g/mol. The number of nitrogens with one attached hydrogen (secondary N) is 1. The number of carbonyl (C=O) groups is 2. The van der Waals surface area contributed by atoms with E-state index >= 15 is 0 Å². The molecule has 3 heterocycles. The SMILES string of the molecule is O=C(NCc1ccc(N2CCCCCC2)nc1)C1CCCN(C(=O)c2ccc(F)cc2)C1. The lowest BCUT2D eigenvalue weighted by Gasteiger charge is -2.32. The molecule has 2 saturated heterocycles. The van der Waals surface area contributed by atoms with Crippen LogP contribution in [0.3, 0.4) is 0 Å². The largest absolute Gasteiger partial charge is 0.357 e. The van der Waals surface area contributed by atoms with E-state index in [0.717, 1.165) is 37.3 Å². The highest BCUT2D eigenvalue weighted by Gasteiger charge is 2.28. The summed E-state index contributed by atoms with van der Waals surface area (Å²) in [5, 5.41) is 3.00. The zero-order valence-corrected chi connectivity index (χ0v) is 18.4. The molecule has 0 radical (unpaired) electrons. The van der Waals surface area contributed by atoms with E-state index < -0.39 is 0 Å². The quantitative estimate of drug-likeness (QED) is 0.772. The molecular weight excluding hydrogens is 407 g/mol. The Balaban J connectivity index is 1.28. The lowest BCUT2D eigenvalue weighted by Crippen LogP contribution is -2.45. The molecule has 32 heavy (non-hydrogen) atoms. The number of nitrogens with zero attached hydrogens (tertiary/aromatic N) is 3. The van der Waals surface area contributed by atoms with Gasteiger partial charge >= 0.3 is 0 Å². The minimum Gasteiger partial charge on any atom is -0.357 e. The average Bonchev–Trinajstić information content (AvgIpc) is 3.13. The Morgan fingerprint density at radius 2 is 1.72 bits per heavy atom. The molecule has 0 spiro atoms. The molecule has 0 aliphatic carbocycles. The molecule has 4 rings (SSSR count). The number of pyridine rings is 1. The summed E-state index contributed by atoms with van der Waals surface area (Å²) in [6, 6.07) is 9.61. The highest BCUT2D eigenvalue weighted by atomic mass is 19.1. The van der Waals surface area contributed by atoms with Crippen LogP contribution in [-0.4, -0.2) is 47.9 Å². The van der Waals surface area contributed by atoms with Crippen LogP contribution in [0.5, 0.6) is 0 Å². The minimum atomic E-state index is -0.369. The van der Waals surface area contributed by atoms with Gasteiger partial charge in [-0.3, -0.25) is 9.59 Å². The molecule has 1 unspecified atom stereocenters. The second-order valence-corrected chi connectivity index (χ2v) is 8.74. The number of rotatable bonds is 5. The van der Waals surface area contributed by atoms with Crippen molar-refractivity contribution in [3.63, 3.8) is 0 Å². The van der Waals surface area contributed by atoms with Crippen LogP contribution < -0.4 is 10.2 Å². The molecule has 0 saturated carbocycles. The number of piperidine rings is 1. The Morgan fingerprint density at radius 1 is 0.969 bits per heavy atom. The molecule has 1 aromatic carbocycles. The molecule has 2 aromatic rings. The van der Waals surface area contributed by atoms with Gasteiger partial charge in [-0.05, 0) is 61.6 Å². The Labute approximate surface area is 188 Å². The predicted octanol–water partition coefficient (Wildman–Crippen LogP) is 3.77. The van der Waals surface area contributed by atoms with Crippen molar-refractivity contribution in [2.24, 2.45) is 5.92 Å². The van der Waals surface area contributed by atoms with Crippen molar-refractivity contribution >= 4 is 17.6 Å². The van der Waals surface area contributed by atoms with E-state index in [-0.39, 0.29) is 23.5 Å². The van der Waals surface area contributed by atoms with E-state index in [2.05, 4.69) is 15.2 Å². The van der Waals surface area contributed by atoms with Gasteiger partial charge in [-0.25, -0.2) is 9.37 Å². The summed E-state index contributed by atoms with van der Waals surface area (Å²) in [5.41, 5.74) is 1.41. The fourth-order valence-corrected chi connectivity index (χ4v) is 4.49. The fraction of sp³-hybridized carbons (Fsp3) is 0.480. The van der Waals surface area contributed by atoms with Gasteiger partial charge in [0, 0.05) is 44.5 Å². The van der Waals surface area contributed by atoms with Crippen molar-refractivity contribution in [1.29, 1.82) is 0 Å². The smallest absolute Gasteiger partial charge is 0.253 e. The number of carbonyl (C=O) groups excluding carboxylic acids is 2. The van der Waals surface area contributed by atoms with Crippen molar-refractivity contribution in [3.05, 3.63) is 59.5 Å². The van der Waals surface area contributed by atoms with E-state index in [1.54, 1.807) is 4.90 Å². The first-order valence-corrected chi connectivity index (χ1v) is 11.6. The third kappa shape index (κ3) is 5.64. The number of hydrogen-bond acceptors (Lipinski definition) is 4. The zero-order chi connectivity index (χ0) is 22.3. The van der Waals surface area contributed by atoms with Crippen LogP contribution in [0.1, 0.15) is 54.4 Å². The third-order valence-electron chi connectivity index (χ3n) is 6.38. The second-order valence-electron chi connectivity index (χ2n) is 8.74. The number of anilines is 1. The van der Waals surface area contributed by atoms with Crippen molar-refractivity contribution in [2.45, 2.75) is 45.1 Å². The summed E-state index contributed by atoms with van der Waals surface area (Å²) in [6.45, 7) is 3.53. The van der Waals surface area contributed by atoms with Gasteiger partial charge in [0.25, 0.3) is 5.91 Å². The molecule has 170 valence electrons. The summed E-state index contributed by atoms with van der Waals surface area (Å²) in [5.74, 6) is 0.196. The van der Waals surface area contributed by atoms with E-state index in [0.29, 0.717) is 25.2 Å². The standard InChI is InChI=1S/C25H31FN4O2/c26-22-10-8-20(9-11-22)25(32)30-15-5-6-21(18-30)24(31)28-17-19-7-12-23(27-16-19)29-13-3-1-2-4-14-29/h7-12,16,21H,1-6,13-15,17-18H2,(H,28,31). The lowest BCUT2D eigenvalue weighted by molar-refractivity contribution is -0.126. The maximum atomic E-state index is 13.1. The van der Waals surface area contributed by atoms with Gasteiger partial charge in [0.05, 0.1) is 5.92 Å². The Hall–Kier alpha value is -2.96. The van der Waals surface area contributed by atoms with Gasteiger partial charge in [0.2, 0.25) is 5.91 Å². The molecule has 7 heteroatoms. The Morgan fingerprint density at radius 3 is 2.41 bits per heavy atom. The molecule has 2 aliphatic rings. The minimum absolute atomic E-state index is 0.0433. The van der Waals surface area contributed by atoms with Crippen LogP contribution in [0.15, 0.2) is 42.6 Å². The van der Waals surface area contributed by atoms with Crippen LogP contribution >= 0.6 is 0 Å². The molecule has 2 fully saturated rings. The maximum Gasteiger partial charge on any atom is 0.253 e.